The van der Waals surface area contributed by atoms with E-state index in [4.69, 9.17) is 19.9 Å². The van der Waals surface area contributed by atoms with Gasteiger partial charge in [0, 0.05) is 20.0 Å². The van der Waals surface area contributed by atoms with Crippen molar-refractivity contribution in [1.82, 2.24) is 20.9 Å². The first-order valence-corrected chi connectivity index (χ1v) is 14.6. The second-order valence-electron chi connectivity index (χ2n) is 10.3. The Morgan fingerprint density at radius 1 is 1.11 bits per heavy atom. The first kappa shape index (κ1) is 33.7. The number of carbonyl (C=O) groups excluding carboxylic acids is 5. The number of fused-ring (bicyclic) bond motifs is 1. The van der Waals surface area contributed by atoms with Crippen LogP contribution in [0.15, 0.2) is 42.5 Å². The van der Waals surface area contributed by atoms with Gasteiger partial charge in [-0.2, -0.15) is 0 Å². The Balaban J connectivity index is 1.72. The molecular formula is C31H41N5O8. The zero-order valence-electron chi connectivity index (χ0n) is 25.4. The Labute approximate surface area is 256 Å². The number of nitrogens with zero attached hydrogens (tertiary/aromatic N) is 1. The molecule has 0 saturated heterocycles. The molecule has 2 aromatic carbocycles. The topological polar surface area (TPSA) is 178 Å². The Bertz CT molecular complexity index is 1330. The van der Waals surface area contributed by atoms with Crippen molar-refractivity contribution in [1.29, 1.82) is 0 Å². The maximum atomic E-state index is 13.3. The smallest absolute Gasteiger partial charge is 0.255 e. The number of nitrogens with one attached hydrogen (secondary N) is 3. The van der Waals surface area contributed by atoms with E-state index in [2.05, 4.69) is 16.0 Å². The van der Waals surface area contributed by atoms with Gasteiger partial charge < -0.3 is 40.8 Å². The maximum Gasteiger partial charge on any atom is 0.255 e. The molecule has 5 N–H and O–H groups in total. The van der Waals surface area contributed by atoms with Gasteiger partial charge in [0.15, 0.2) is 11.5 Å². The summed E-state index contributed by atoms with van der Waals surface area (Å²) in [6.45, 7) is 2.88. The van der Waals surface area contributed by atoms with Crippen LogP contribution in [0, 0.1) is 0 Å². The van der Waals surface area contributed by atoms with E-state index in [9.17, 15) is 24.0 Å². The molecule has 1 aliphatic heterocycles. The van der Waals surface area contributed by atoms with Crippen molar-refractivity contribution in [2.45, 2.75) is 51.1 Å². The van der Waals surface area contributed by atoms with Crippen LogP contribution in [0.3, 0.4) is 0 Å². The summed E-state index contributed by atoms with van der Waals surface area (Å²) in [4.78, 5) is 65.2. The number of ether oxygens (including phenoxy) is 3. The summed E-state index contributed by atoms with van der Waals surface area (Å²) < 4.78 is 16.8. The van der Waals surface area contributed by atoms with Gasteiger partial charge in [0.25, 0.3) is 5.91 Å². The lowest BCUT2D eigenvalue weighted by atomic mass is 10.1. The summed E-state index contributed by atoms with van der Waals surface area (Å²) in [6.07, 6.45) is 0.603. The number of likely N-dealkylation sites (N-methyl/N-ethyl adjacent to an activating group) is 1. The Hall–Kier alpha value is -4.81. The Kier molecular flexibility index (Phi) is 12.8. The van der Waals surface area contributed by atoms with E-state index < -0.39 is 41.6 Å². The predicted octanol–water partition coefficient (Wildman–Crippen LogP) is 0.933. The molecular weight excluding hydrogens is 570 g/mol. The third-order valence-corrected chi connectivity index (χ3v) is 6.98. The van der Waals surface area contributed by atoms with E-state index in [1.807, 2.05) is 25.1 Å². The van der Waals surface area contributed by atoms with Crippen LogP contribution in [0.1, 0.15) is 48.5 Å². The summed E-state index contributed by atoms with van der Waals surface area (Å²) in [5.41, 5.74) is 6.52. The zero-order chi connectivity index (χ0) is 32.1. The minimum absolute atomic E-state index is 0.0356. The molecule has 1 heterocycles. The monoisotopic (exact) mass is 611 g/mol. The second-order valence-corrected chi connectivity index (χ2v) is 10.3. The average molecular weight is 612 g/mol. The number of hydrogen-bond acceptors (Lipinski definition) is 8. The minimum Gasteiger partial charge on any atom is -0.493 e. The van der Waals surface area contributed by atoms with E-state index in [1.165, 1.54) is 11.9 Å². The third kappa shape index (κ3) is 9.89. The molecule has 13 nitrogen and oxygen atoms in total. The lowest BCUT2D eigenvalue weighted by Gasteiger charge is -2.24. The summed E-state index contributed by atoms with van der Waals surface area (Å²) in [7, 11) is 3.08. The van der Waals surface area contributed by atoms with E-state index in [0.717, 1.165) is 5.56 Å². The minimum atomic E-state index is -1.18. The van der Waals surface area contributed by atoms with Crippen LogP contribution in [0.4, 0.5) is 0 Å². The number of amides is 5. The number of hydrogen-bond donors (Lipinski definition) is 4. The lowest BCUT2D eigenvalue weighted by molar-refractivity contribution is -0.137. The lowest BCUT2D eigenvalue weighted by Crippen LogP contribution is -2.50. The van der Waals surface area contributed by atoms with Crippen LogP contribution >= 0.6 is 0 Å². The number of aryl methyl sites for hydroxylation is 1. The van der Waals surface area contributed by atoms with Crippen LogP contribution in [-0.4, -0.2) is 87.0 Å². The SMILES string of the molecule is CCOc1ccc(CCCNC(=O)[C@@H]2CCC(=O)N[C@@H](CC(N)=O)C(=O)N(C)CCOc3ccccc3C(=O)N2)cc1OC. The van der Waals surface area contributed by atoms with Crippen LogP contribution in [0.25, 0.3) is 0 Å². The fraction of sp³-hybridized carbons (Fsp3) is 0.452. The van der Waals surface area contributed by atoms with Crippen molar-refractivity contribution >= 4 is 29.5 Å². The summed E-state index contributed by atoms with van der Waals surface area (Å²) in [5, 5.41) is 8.11. The molecule has 2 aromatic rings. The molecule has 0 aromatic heterocycles. The number of methoxy groups -OCH3 is 1. The van der Waals surface area contributed by atoms with E-state index >= 15 is 0 Å². The van der Waals surface area contributed by atoms with Crippen LogP contribution in [0.5, 0.6) is 17.2 Å². The molecule has 13 heteroatoms. The molecule has 0 fully saturated rings. The molecule has 0 spiro atoms. The van der Waals surface area contributed by atoms with Gasteiger partial charge >= 0.3 is 0 Å². The Morgan fingerprint density at radius 2 is 1.89 bits per heavy atom. The van der Waals surface area contributed by atoms with Crippen molar-refractivity contribution in [2.75, 3.05) is 40.5 Å². The predicted molar refractivity (Wildman–Crippen MR) is 161 cm³/mol. The largest absolute Gasteiger partial charge is 0.493 e. The van der Waals surface area contributed by atoms with Crippen LogP contribution < -0.4 is 35.9 Å². The highest BCUT2D eigenvalue weighted by Crippen LogP contribution is 2.28. The normalized spacial score (nSPS) is 18.0. The maximum absolute atomic E-state index is 13.3. The third-order valence-electron chi connectivity index (χ3n) is 6.98. The quantitative estimate of drug-likeness (QED) is 0.287. The summed E-state index contributed by atoms with van der Waals surface area (Å²) in [5.74, 6) is -1.31. The van der Waals surface area contributed by atoms with Crippen molar-refractivity contribution in [2.24, 2.45) is 5.73 Å². The first-order chi connectivity index (χ1) is 21.1. The van der Waals surface area contributed by atoms with E-state index in [-0.39, 0.29) is 43.7 Å². The fourth-order valence-corrected chi connectivity index (χ4v) is 4.67. The molecule has 0 radical (unpaired) electrons. The van der Waals surface area contributed by atoms with Gasteiger partial charge in [0.05, 0.1) is 32.2 Å². The van der Waals surface area contributed by atoms with Gasteiger partial charge in [0.1, 0.15) is 24.4 Å². The number of primary amides is 1. The number of carbonyl (C=O) groups is 5. The molecule has 1 aliphatic rings. The summed E-state index contributed by atoms with van der Waals surface area (Å²) >= 11 is 0. The van der Waals surface area contributed by atoms with Gasteiger partial charge in [-0.05, 0) is 56.0 Å². The Morgan fingerprint density at radius 3 is 2.61 bits per heavy atom. The van der Waals surface area contributed by atoms with E-state index in [1.54, 1.807) is 31.4 Å². The molecule has 238 valence electrons. The number of nitrogens with two attached hydrogens (primary N) is 1. The van der Waals surface area contributed by atoms with Crippen molar-refractivity contribution in [3.8, 4) is 17.2 Å². The van der Waals surface area contributed by atoms with Gasteiger partial charge in [-0.15, -0.1) is 0 Å². The molecule has 0 unspecified atom stereocenters. The zero-order valence-corrected chi connectivity index (χ0v) is 25.4. The standard InChI is InChI=1S/C31H41N5O8/c1-4-43-25-13-11-20(18-26(25)42-3)8-7-15-33-30(40)22-12-14-28(38)34-23(19-27(32)37)31(41)36(2)16-17-44-24-10-6-5-9-21(24)29(39)35-22/h5-6,9-11,13,18,22-23H,4,7-8,12,14-17,19H2,1-3H3,(H2,32,37)(H,33,40)(H,34,38)(H,35,39)/t22-,23-/m0/s1. The van der Waals surface area contributed by atoms with Gasteiger partial charge in [-0.3, -0.25) is 24.0 Å². The van der Waals surface area contributed by atoms with Crippen molar-refractivity contribution in [3.05, 3.63) is 53.6 Å². The first-order valence-electron chi connectivity index (χ1n) is 14.6. The molecule has 3 rings (SSSR count). The van der Waals surface area contributed by atoms with Crippen molar-refractivity contribution in [3.63, 3.8) is 0 Å². The van der Waals surface area contributed by atoms with Crippen LogP contribution in [0.2, 0.25) is 0 Å². The molecule has 2 atom stereocenters. The highest BCUT2D eigenvalue weighted by Gasteiger charge is 2.28. The molecule has 0 bridgehead atoms. The van der Waals surface area contributed by atoms with Crippen LogP contribution in [-0.2, 0) is 25.6 Å². The average Bonchev–Trinajstić information content (AvgIpc) is 3.00. The number of benzene rings is 2. The second kappa shape index (κ2) is 16.7. The number of rotatable bonds is 10. The fourth-order valence-electron chi connectivity index (χ4n) is 4.67. The van der Waals surface area contributed by atoms with Gasteiger partial charge in [-0.25, -0.2) is 0 Å². The van der Waals surface area contributed by atoms with Crippen molar-refractivity contribution < 1.29 is 38.2 Å². The van der Waals surface area contributed by atoms with Gasteiger partial charge in [0.2, 0.25) is 23.6 Å². The highest BCUT2D eigenvalue weighted by molar-refractivity contribution is 6.00. The molecule has 44 heavy (non-hydrogen) atoms. The molecule has 5 amide bonds. The molecule has 0 aliphatic carbocycles. The van der Waals surface area contributed by atoms with Gasteiger partial charge in [-0.1, -0.05) is 18.2 Å². The summed E-state index contributed by atoms with van der Waals surface area (Å²) in [6, 6.07) is 9.96. The highest BCUT2D eigenvalue weighted by atomic mass is 16.5. The molecule has 0 saturated carbocycles. The number of para-hydroxylation sites is 1. The van der Waals surface area contributed by atoms with E-state index in [0.29, 0.717) is 37.5 Å².